The lowest BCUT2D eigenvalue weighted by molar-refractivity contribution is -0.118. The van der Waals surface area contributed by atoms with E-state index in [0.717, 1.165) is 4.90 Å². The van der Waals surface area contributed by atoms with E-state index < -0.39 is 17.4 Å². The summed E-state index contributed by atoms with van der Waals surface area (Å²) in [6, 6.07) is 13.0. The maximum atomic E-state index is 12.5. The van der Waals surface area contributed by atoms with Crippen LogP contribution in [0, 0.1) is 0 Å². The van der Waals surface area contributed by atoms with E-state index in [-0.39, 0.29) is 30.1 Å². The van der Waals surface area contributed by atoms with Crippen molar-refractivity contribution < 1.29 is 23.5 Å². The second kappa shape index (κ2) is 6.77. The smallest absolute Gasteiger partial charge is 0.341 e. The summed E-state index contributed by atoms with van der Waals surface area (Å²) < 4.78 is 10.6. The summed E-state index contributed by atoms with van der Waals surface area (Å²) in [5.41, 5.74) is 0.485. The zero-order valence-corrected chi connectivity index (χ0v) is 14.9. The number of carbonyl (C=O) groups is 3. The Hall–Kier alpha value is -3.74. The normalized spacial score (nSPS) is 13.1. The van der Waals surface area contributed by atoms with Gasteiger partial charge in [0.2, 0.25) is 0 Å². The van der Waals surface area contributed by atoms with Crippen LogP contribution in [0.3, 0.4) is 0 Å². The van der Waals surface area contributed by atoms with Crippen LogP contribution in [-0.2, 0) is 11.3 Å². The maximum Gasteiger partial charge on any atom is 0.341 e. The monoisotopic (exact) mass is 377 g/mol. The molecule has 2 amide bonds. The minimum Gasteiger partial charge on any atom is -0.486 e. The molecule has 140 valence electrons. The number of nitrogens with zero attached hydrogens (tertiary/aromatic N) is 1. The summed E-state index contributed by atoms with van der Waals surface area (Å²) in [5, 5.41) is 0.612. The van der Waals surface area contributed by atoms with Gasteiger partial charge in [0.25, 0.3) is 11.8 Å². The third-order valence-corrected chi connectivity index (χ3v) is 4.43. The fourth-order valence-electron chi connectivity index (χ4n) is 3.07. The van der Waals surface area contributed by atoms with E-state index in [9.17, 15) is 19.2 Å². The van der Waals surface area contributed by atoms with Crippen LogP contribution in [0.25, 0.3) is 11.0 Å². The molecule has 0 aliphatic carbocycles. The largest absolute Gasteiger partial charge is 0.486 e. The minimum absolute atomic E-state index is 0.0758. The molecule has 7 heteroatoms. The number of amides is 2. The van der Waals surface area contributed by atoms with E-state index in [1.54, 1.807) is 42.5 Å². The number of fused-ring (bicyclic) bond motifs is 2. The Morgan fingerprint density at radius 1 is 1.00 bits per heavy atom. The first-order chi connectivity index (χ1) is 13.4. The van der Waals surface area contributed by atoms with Crippen LogP contribution in [0.15, 0.2) is 57.7 Å². The predicted octanol–water partition coefficient (Wildman–Crippen LogP) is 2.56. The summed E-state index contributed by atoms with van der Waals surface area (Å²) in [6.45, 7) is 1.16. The second-order valence-electron chi connectivity index (χ2n) is 6.49. The van der Waals surface area contributed by atoms with Gasteiger partial charge in [-0.2, -0.15) is 0 Å². The van der Waals surface area contributed by atoms with E-state index >= 15 is 0 Å². The van der Waals surface area contributed by atoms with Gasteiger partial charge in [0.05, 0.1) is 23.2 Å². The minimum atomic E-state index is -0.646. The van der Waals surface area contributed by atoms with Crippen molar-refractivity contribution in [1.29, 1.82) is 0 Å². The van der Waals surface area contributed by atoms with Gasteiger partial charge < -0.3 is 9.15 Å². The predicted molar refractivity (Wildman–Crippen MR) is 99.3 cm³/mol. The molecule has 0 bridgehead atoms. The zero-order valence-electron chi connectivity index (χ0n) is 14.9. The third-order valence-electron chi connectivity index (χ3n) is 4.43. The summed E-state index contributed by atoms with van der Waals surface area (Å²) in [5.74, 6) is -0.599. The molecule has 1 aromatic heterocycles. The van der Waals surface area contributed by atoms with Crippen molar-refractivity contribution in [3.05, 3.63) is 75.6 Å². The number of hydrogen-bond donors (Lipinski definition) is 0. The lowest BCUT2D eigenvalue weighted by Crippen LogP contribution is -2.31. The van der Waals surface area contributed by atoms with Crippen LogP contribution >= 0.6 is 0 Å². The van der Waals surface area contributed by atoms with Gasteiger partial charge in [0, 0.05) is 11.5 Å². The molecule has 1 aliphatic heterocycles. The summed E-state index contributed by atoms with van der Waals surface area (Å²) >= 11 is 0. The molecule has 0 unspecified atom stereocenters. The number of hydrogen-bond acceptors (Lipinski definition) is 6. The Morgan fingerprint density at radius 3 is 2.32 bits per heavy atom. The molecule has 0 N–H and O–H groups in total. The van der Waals surface area contributed by atoms with Crippen molar-refractivity contribution >= 4 is 28.6 Å². The molecule has 7 nitrogen and oxygen atoms in total. The molecular weight excluding hydrogens is 362 g/mol. The SMILES string of the molecule is CC(=O)COc1ccc2cc(CN3C(=O)c4ccccc4C3=O)c(=O)oc2c1. The molecule has 2 heterocycles. The molecule has 0 spiro atoms. The second-order valence-corrected chi connectivity index (χ2v) is 6.49. The van der Waals surface area contributed by atoms with Gasteiger partial charge in [0.15, 0.2) is 5.78 Å². The molecule has 1 aliphatic rings. The number of ketones is 1. The van der Waals surface area contributed by atoms with Crippen LogP contribution in [0.2, 0.25) is 0 Å². The highest BCUT2D eigenvalue weighted by molar-refractivity contribution is 6.21. The lowest BCUT2D eigenvalue weighted by Gasteiger charge is -2.13. The third kappa shape index (κ3) is 3.07. The van der Waals surface area contributed by atoms with Crippen LogP contribution in [0.5, 0.6) is 5.75 Å². The van der Waals surface area contributed by atoms with Gasteiger partial charge in [-0.25, -0.2) is 4.79 Å². The molecule has 0 atom stereocenters. The lowest BCUT2D eigenvalue weighted by atomic mass is 10.1. The topological polar surface area (TPSA) is 93.9 Å². The van der Waals surface area contributed by atoms with E-state index in [1.807, 2.05) is 0 Å². The Bertz CT molecular complexity index is 1160. The number of carbonyl (C=O) groups excluding carboxylic acids is 3. The quantitative estimate of drug-likeness (QED) is 0.501. The first-order valence-corrected chi connectivity index (χ1v) is 8.58. The van der Waals surface area contributed by atoms with Crippen LogP contribution < -0.4 is 10.4 Å². The molecule has 0 radical (unpaired) electrons. The van der Waals surface area contributed by atoms with Crippen molar-refractivity contribution in [2.45, 2.75) is 13.5 Å². The van der Waals surface area contributed by atoms with Crippen molar-refractivity contribution in [3.8, 4) is 5.75 Å². The van der Waals surface area contributed by atoms with Crippen molar-refractivity contribution in [1.82, 2.24) is 4.90 Å². The maximum absolute atomic E-state index is 12.5. The highest BCUT2D eigenvalue weighted by atomic mass is 16.5. The number of ether oxygens (including phenoxy) is 1. The average molecular weight is 377 g/mol. The number of imide groups is 1. The molecule has 4 rings (SSSR count). The molecule has 0 saturated heterocycles. The average Bonchev–Trinajstić information content (AvgIpc) is 2.92. The Labute approximate surface area is 159 Å². The van der Waals surface area contributed by atoms with Crippen LogP contribution in [0.4, 0.5) is 0 Å². The summed E-state index contributed by atoms with van der Waals surface area (Å²) in [7, 11) is 0. The first kappa shape index (κ1) is 17.7. The zero-order chi connectivity index (χ0) is 19.8. The van der Waals surface area contributed by atoms with Crippen LogP contribution in [0.1, 0.15) is 33.2 Å². The number of benzene rings is 2. The van der Waals surface area contributed by atoms with E-state index in [0.29, 0.717) is 22.3 Å². The van der Waals surface area contributed by atoms with Crippen molar-refractivity contribution in [2.75, 3.05) is 6.61 Å². The Balaban J connectivity index is 1.63. The van der Waals surface area contributed by atoms with E-state index in [2.05, 4.69) is 0 Å². The first-order valence-electron chi connectivity index (χ1n) is 8.58. The van der Waals surface area contributed by atoms with Crippen LogP contribution in [-0.4, -0.2) is 29.1 Å². The highest BCUT2D eigenvalue weighted by Gasteiger charge is 2.35. The van der Waals surface area contributed by atoms with Gasteiger partial charge >= 0.3 is 5.63 Å². The molecule has 2 aromatic carbocycles. The molecular formula is C21H15NO6. The van der Waals surface area contributed by atoms with Gasteiger partial charge in [-0.05, 0) is 37.3 Å². The van der Waals surface area contributed by atoms with Crippen molar-refractivity contribution in [2.24, 2.45) is 0 Å². The number of Topliss-reactive ketones (excluding diaryl/α,β-unsaturated/α-hetero) is 1. The van der Waals surface area contributed by atoms with E-state index in [4.69, 9.17) is 9.15 Å². The standard InChI is InChI=1S/C21H15NO6/c1-12(23)11-27-15-7-6-13-8-14(21(26)28-18(13)9-15)10-22-19(24)16-4-2-3-5-17(16)20(22)25/h2-9H,10-11H2,1H3. The summed E-state index contributed by atoms with van der Waals surface area (Å²) in [4.78, 5) is 49.4. The van der Waals surface area contributed by atoms with Crippen molar-refractivity contribution in [3.63, 3.8) is 0 Å². The highest BCUT2D eigenvalue weighted by Crippen LogP contribution is 2.25. The Morgan fingerprint density at radius 2 is 1.68 bits per heavy atom. The molecule has 0 saturated carbocycles. The van der Waals surface area contributed by atoms with Gasteiger partial charge in [-0.1, -0.05) is 12.1 Å². The fraction of sp³-hybridized carbons (Fsp3) is 0.143. The summed E-state index contributed by atoms with van der Waals surface area (Å²) in [6.07, 6.45) is 0. The number of rotatable bonds is 5. The Kier molecular flexibility index (Phi) is 4.27. The molecule has 3 aromatic rings. The van der Waals surface area contributed by atoms with E-state index in [1.165, 1.54) is 13.0 Å². The van der Waals surface area contributed by atoms with Gasteiger partial charge in [0.1, 0.15) is 17.9 Å². The molecule has 28 heavy (non-hydrogen) atoms. The van der Waals surface area contributed by atoms with Gasteiger partial charge in [-0.3, -0.25) is 19.3 Å². The van der Waals surface area contributed by atoms with Gasteiger partial charge in [-0.15, -0.1) is 0 Å². The fourth-order valence-corrected chi connectivity index (χ4v) is 3.07. The molecule has 0 fully saturated rings.